The second-order valence-electron chi connectivity index (χ2n) is 5.81. The van der Waals surface area contributed by atoms with Gasteiger partial charge in [-0.3, -0.25) is 14.5 Å². The third kappa shape index (κ3) is 1.86. The molecule has 3 aliphatic rings. The summed E-state index contributed by atoms with van der Waals surface area (Å²) < 4.78 is 13.0. The average molecular weight is 283 g/mol. The van der Waals surface area contributed by atoms with Crippen molar-refractivity contribution in [1.29, 1.82) is 0 Å². The molecule has 1 unspecified atom stereocenters. The summed E-state index contributed by atoms with van der Waals surface area (Å²) in [7, 11) is 0. The van der Waals surface area contributed by atoms with Crippen LogP contribution in [0.25, 0.3) is 0 Å². The third-order valence-electron chi connectivity index (χ3n) is 4.55. The second-order valence-corrected chi connectivity index (χ2v) is 5.81. The van der Waals surface area contributed by atoms with Gasteiger partial charge in [0.25, 0.3) is 5.91 Å². The number of carbonyl (C=O) groups is 2. The topological polar surface area (TPSA) is 37.4 Å². The first-order valence-electron chi connectivity index (χ1n) is 7.16. The van der Waals surface area contributed by atoms with E-state index in [9.17, 15) is 14.0 Å². The van der Waals surface area contributed by atoms with Crippen molar-refractivity contribution >= 4 is 11.8 Å². The highest BCUT2D eigenvalue weighted by Gasteiger charge is 2.54. The Hall–Kier alpha value is -2.23. The summed E-state index contributed by atoms with van der Waals surface area (Å²) in [6, 6.07) is 6.24. The largest absolute Gasteiger partial charge is 0.274 e. The molecule has 21 heavy (non-hydrogen) atoms. The maximum Gasteiger partial charge on any atom is 0.257 e. The van der Waals surface area contributed by atoms with Crippen LogP contribution in [0.5, 0.6) is 0 Å². The average Bonchev–Trinajstić information content (AvgIpc) is 3.23. The first-order valence-corrected chi connectivity index (χ1v) is 7.16. The Labute approximate surface area is 121 Å². The zero-order valence-electron chi connectivity index (χ0n) is 11.3. The van der Waals surface area contributed by atoms with Crippen LogP contribution in [0.4, 0.5) is 4.39 Å². The Kier molecular flexibility index (Phi) is 2.61. The molecule has 1 saturated carbocycles. The fourth-order valence-electron chi connectivity index (χ4n) is 3.34. The standard InChI is InChI=1S/C17H14FNO2/c18-11-7-5-10(6-8-11)14-9-15(14)19-16(20)12-3-1-2-4-13(12)17(19)21/h1-3,5-8,13-15H,4,9H2/t13?,14-,15+/m0/s1. The fraction of sp³-hybridized carbons (Fsp3) is 0.294. The lowest BCUT2D eigenvalue weighted by Gasteiger charge is -2.14. The van der Waals surface area contributed by atoms with E-state index < -0.39 is 0 Å². The van der Waals surface area contributed by atoms with Crippen LogP contribution in [0.1, 0.15) is 24.3 Å². The summed E-state index contributed by atoms with van der Waals surface area (Å²) >= 11 is 0. The summed E-state index contributed by atoms with van der Waals surface area (Å²) in [5, 5.41) is 0. The molecule has 1 heterocycles. The van der Waals surface area contributed by atoms with Crippen LogP contribution in [0.2, 0.25) is 0 Å². The number of benzene rings is 1. The number of rotatable bonds is 2. The minimum Gasteiger partial charge on any atom is -0.274 e. The zero-order valence-corrected chi connectivity index (χ0v) is 11.3. The van der Waals surface area contributed by atoms with Gasteiger partial charge in [-0.25, -0.2) is 4.39 Å². The van der Waals surface area contributed by atoms with Crippen molar-refractivity contribution in [1.82, 2.24) is 4.90 Å². The van der Waals surface area contributed by atoms with Gasteiger partial charge < -0.3 is 0 Å². The Morgan fingerprint density at radius 2 is 1.90 bits per heavy atom. The Balaban J connectivity index is 1.58. The van der Waals surface area contributed by atoms with Crippen molar-refractivity contribution in [2.75, 3.05) is 0 Å². The van der Waals surface area contributed by atoms with Gasteiger partial charge in [0.2, 0.25) is 5.91 Å². The Bertz CT molecular complexity index is 689. The van der Waals surface area contributed by atoms with E-state index in [0.29, 0.717) is 12.0 Å². The molecular weight excluding hydrogens is 269 g/mol. The molecule has 2 fully saturated rings. The molecule has 3 atom stereocenters. The monoisotopic (exact) mass is 283 g/mol. The highest BCUT2D eigenvalue weighted by molar-refractivity contribution is 6.15. The summed E-state index contributed by atoms with van der Waals surface area (Å²) in [6.45, 7) is 0. The molecule has 0 spiro atoms. The molecule has 0 aromatic heterocycles. The number of amides is 2. The molecule has 1 saturated heterocycles. The van der Waals surface area contributed by atoms with Crippen molar-refractivity contribution in [3.05, 3.63) is 59.4 Å². The van der Waals surface area contributed by atoms with Crippen molar-refractivity contribution < 1.29 is 14.0 Å². The number of nitrogens with zero attached hydrogens (tertiary/aromatic N) is 1. The number of imide groups is 1. The number of hydrogen-bond acceptors (Lipinski definition) is 2. The van der Waals surface area contributed by atoms with Gasteiger partial charge in [-0.2, -0.15) is 0 Å². The van der Waals surface area contributed by atoms with Crippen molar-refractivity contribution in [3.8, 4) is 0 Å². The first kappa shape index (κ1) is 12.5. The van der Waals surface area contributed by atoms with Gasteiger partial charge >= 0.3 is 0 Å². The van der Waals surface area contributed by atoms with E-state index in [-0.39, 0.29) is 35.5 Å². The van der Waals surface area contributed by atoms with Crippen LogP contribution in [-0.4, -0.2) is 22.8 Å². The number of halogens is 1. The summed E-state index contributed by atoms with van der Waals surface area (Å²) in [6.07, 6.45) is 6.90. The number of allylic oxidation sites excluding steroid dienone is 3. The van der Waals surface area contributed by atoms with Crippen LogP contribution in [0.3, 0.4) is 0 Å². The van der Waals surface area contributed by atoms with Gasteiger partial charge in [-0.1, -0.05) is 30.4 Å². The summed E-state index contributed by atoms with van der Waals surface area (Å²) in [5.41, 5.74) is 1.61. The molecule has 1 aromatic carbocycles. The van der Waals surface area contributed by atoms with E-state index in [2.05, 4.69) is 0 Å². The molecule has 0 bridgehead atoms. The Morgan fingerprint density at radius 3 is 2.62 bits per heavy atom. The van der Waals surface area contributed by atoms with Crippen LogP contribution in [0, 0.1) is 11.7 Å². The van der Waals surface area contributed by atoms with E-state index in [1.807, 2.05) is 12.2 Å². The Morgan fingerprint density at radius 1 is 1.14 bits per heavy atom. The molecule has 1 aromatic rings. The number of fused-ring (bicyclic) bond motifs is 1. The lowest BCUT2D eigenvalue weighted by atomic mass is 9.94. The molecule has 0 radical (unpaired) electrons. The molecular formula is C17H14FNO2. The SMILES string of the molecule is O=C1C2=CC=CCC2C(=O)N1[C@@H]1C[C@H]1c1ccc(F)cc1. The maximum absolute atomic E-state index is 13.0. The molecule has 4 rings (SSSR count). The van der Waals surface area contributed by atoms with Gasteiger partial charge in [0, 0.05) is 17.5 Å². The minimum atomic E-state index is -0.294. The van der Waals surface area contributed by atoms with Crippen LogP contribution in [0.15, 0.2) is 48.1 Å². The molecule has 0 N–H and O–H groups in total. The van der Waals surface area contributed by atoms with Gasteiger partial charge in [0.05, 0.1) is 5.92 Å². The van der Waals surface area contributed by atoms with Crippen LogP contribution >= 0.6 is 0 Å². The molecule has 2 aliphatic carbocycles. The highest BCUT2D eigenvalue weighted by atomic mass is 19.1. The molecule has 1 aliphatic heterocycles. The van der Waals surface area contributed by atoms with Gasteiger partial charge in [0.1, 0.15) is 5.82 Å². The van der Waals surface area contributed by atoms with E-state index >= 15 is 0 Å². The van der Waals surface area contributed by atoms with Crippen molar-refractivity contribution in [3.63, 3.8) is 0 Å². The van der Waals surface area contributed by atoms with E-state index in [1.165, 1.54) is 17.0 Å². The second kappa shape index (κ2) is 4.38. The number of carbonyl (C=O) groups excluding carboxylic acids is 2. The van der Waals surface area contributed by atoms with Crippen LogP contribution < -0.4 is 0 Å². The predicted octanol–water partition coefficient (Wildman–Crippen LogP) is 2.55. The molecule has 2 amide bonds. The number of likely N-dealkylation sites (tertiary alicyclic amines) is 1. The lowest BCUT2D eigenvalue weighted by molar-refractivity contribution is -0.139. The van der Waals surface area contributed by atoms with Crippen molar-refractivity contribution in [2.45, 2.75) is 24.8 Å². The lowest BCUT2D eigenvalue weighted by Crippen LogP contribution is -2.33. The molecule has 3 nitrogen and oxygen atoms in total. The van der Waals surface area contributed by atoms with E-state index in [1.54, 1.807) is 18.2 Å². The first-order chi connectivity index (χ1) is 10.2. The normalized spacial score (nSPS) is 30.4. The van der Waals surface area contributed by atoms with Crippen molar-refractivity contribution in [2.24, 2.45) is 5.92 Å². The van der Waals surface area contributed by atoms with Gasteiger partial charge in [-0.05, 0) is 30.5 Å². The zero-order chi connectivity index (χ0) is 14.6. The third-order valence-corrected chi connectivity index (χ3v) is 4.55. The predicted molar refractivity (Wildman–Crippen MR) is 74.7 cm³/mol. The van der Waals surface area contributed by atoms with Crippen LogP contribution in [-0.2, 0) is 9.59 Å². The molecule has 106 valence electrons. The molecule has 4 heteroatoms. The van der Waals surface area contributed by atoms with Gasteiger partial charge in [0.15, 0.2) is 0 Å². The highest BCUT2D eigenvalue weighted by Crippen LogP contribution is 2.48. The smallest absolute Gasteiger partial charge is 0.257 e. The summed E-state index contributed by atoms with van der Waals surface area (Å²) in [5.74, 6) is -0.648. The summed E-state index contributed by atoms with van der Waals surface area (Å²) in [4.78, 5) is 26.3. The maximum atomic E-state index is 13.0. The quantitative estimate of drug-likeness (QED) is 0.782. The minimum absolute atomic E-state index is 0.0676. The van der Waals surface area contributed by atoms with Gasteiger partial charge in [-0.15, -0.1) is 0 Å². The van der Waals surface area contributed by atoms with E-state index in [4.69, 9.17) is 0 Å². The number of hydrogen-bond donors (Lipinski definition) is 0. The van der Waals surface area contributed by atoms with E-state index in [0.717, 1.165) is 12.0 Å². The fourth-order valence-corrected chi connectivity index (χ4v) is 3.34.